The molecule has 56 heavy (non-hydrogen) atoms. The molecule has 0 spiro atoms. The summed E-state index contributed by atoms with van der Waals surface area (Å²) in [4.78, 5) is 70.4. The van der Waals surface area contributed by atoms with Crippen LogP contribution in [0.5, 0.6) is 5.75 Å². The number of hydrogen-bond acceptors (Lipinski definition) is 9. The highest BCUT2D eigenvalue weighted by molar-refractivity contribution is 9.11. The van der Waals surface area contributed by atoms with E-state index in [1.807, 2.05) is 41.3 Å². The van der Waals surface area contributed by atoms with Crippen LogP contribution in [0, 0.1) is 5.92 Å². The number of fused-ring (bicyclic) bond motifs is 1. The fourth-order valence-electron chi connectivity index (χ4n) is 8.38. The second-order valence-electron chi connectivity index (χ2n) is 15.1. The molecule has 7 rings (SSSR count). The van der Waals surface area contributed by atoms with E-state index in [0.717, 1.165) is 42.9 Å². The minimum Gasteiger partial charge on any atom is -0.506 e. The summed E-state index contributed by atoms with van der Waals surface area (Å²) in [6.45, 7) is 4.77. The first-order valence-electron chi connectivity index (χ1n) is 19.4. The van der Waals surface area contributed by atoms with Crippen LogP contribution in [0.15, 0.2) is 69.9 Å². The summed E-state index contributed by atoms with van der Waals surface area (Å²) in [7, 11) is 0. The Balaban J connectivity index is 1.14. The number of hydrogen-bond donors (Lipinski definition) is 4. The zero-order valence-electron chi connectivity index (χ0n) is 31.3. The zero-order chi connectivity index (χ0) is 39.3. The average Bonchev–Trinajstić information content (AvgIpc) is 3.22. The number of urea groups is 2. The Kier molecular flexibility index (Phi) is 12.8. The van der Waals surface area contributed by atoms with E-state index in [1.165, 1.54) is 4.90 Å². The number of aromatic hydroxyl groups is 1. The predicted octanol–water partition coefficient (Wildman–Crippen LogP) is 4.75. The van der Waals surface area contributed by atoms with Crippen molar-refractivity contribution >= 4 is 67.1 Å². The summed E-state index contributed by atoms with van der Waals surface area (Å²) >= 11 is 6.73. The third-order valence-corrected chi connectivity index (χ3v) is 12.8. The number of nitrogens with one attached hydrogen (secondary N) is 2. The Morgan fingerprint density at radius 3 is 2.25 bits per heavy atom. The van der Waals surface area contributed by atoms with Gasteiger partial charge >= 0.3 is 12.1 Å². The molecule has 4 aliphatic heterocycles. The minimum absolute atomic E-state index is 0.0248. The largest absolute Gasteiger partial charge is 0.506 e. The second-order valence-corrected chi connectivity index (χ2v) is 16.8. The van der Waals surface area contributed by atoms with Crippen molar-refractivity contribution in [1.29, 1.82) is 0 Å². The fraction of sp³-hybridized carbons (Fsp3) is 0.475. The smallest absolute Gasteiger partial charge is 0.327 e. The third kappa shape index (κ3) is 8.98. The Labute approximate surface area is 344 Å². The van der Waals surface area contributed by atoms with E-state index in [0.29, 0.717) is 79.6 Å². The van der Waals surface area contributed by atoms with Gasteiger partial charge in [0.25, 0.3) is 0 Å². The molecular weight excluding hydrogens is 846 g/mol. The van der Waals surface area contributed by atoms with Crippen molar-refractivity contribution in [2.75, 3.05) is 62.6 Å². The van der Waals surface area contributed by atoms with Crippen molar-refractivity contribution in [1.82, 2.24) is 29.9 Å². The van der Waals surface area contributed by atoms with Gasteiger partial charge in [0.2, 0.25) is 11.8 Å². The molecule has 2 aromatic carbocycles. The van der Waals surface area contributed by atoms with Gasteiger partial charge in [0.15, 0.2) is 0 Å². The Bertz CT molecular complexity index is 1880. The average molecular weight is 896 g/mol. The maximum atomic E-state index is 14.9. The van der Waals surface area contributed by atoms with Crippen LogP contribution in [-0.2, 0) is 22.6 Å². The summed E-state index contributed by atoms with van der Waals surface area (Å²) in [5, 5.41) is 16.7. The number of pyridine rings is 1. The predicted molar refractivity (Wildman–Crippen MR) is 220 cm³/mol. The van der Waals surface area contributed by atoms with Gasteiger partial charge in [-0.1, -0.05) is 18.2 Å². The second kappa shape index (κ2) is 17.9. The van der Waals surface area contributed by atoms with Crippen LogP contribution in [0.25, 0.3) is 0 Å². The lowest BCUT2D eigenvalue weighted by Gasteiger charge is -2.44. The van der Waals surface area contributed by atoms with E-state index in [-0.39, 0.29) is 36.1 Å². The molecular formula is C40H49Br2N9O5. The first-order chi connectivity index (χ1) is 27.1. The molecule has 3 saturated heterocycles. The Hall–Kier alpha value is -4.25. The highest BCUT2D eigenvalue weighted by Crippen LogP contribution is 2.34. The third-order valence-electron chi connectivity index (χ3n) is 11.6. The number of anilines is 2. The Morgan fingerprint density at radius 2 is 1.57 bits per heavy atom. The van der Waals surface area contributed by atoms with Gasteiger partial charge in [-0.2, -0.15) is 0 Å². The number of rotatable bonds is 9. The molecule has 5 N–H and O–H groups in total. The quantitative estimate of drug-likeness (QED) is 0.237. The summed E-state index contributed by atoms with van der Waals surface area (Å²) < 4.78 is 0.876. The van der Waals surface area contributed by atoms with Gasteiger partial charge in [-0.15, -0.1) is 0 Å². The number of phenols is 1. The summed E-state index contributed by atoms with van der Waals surface area (Å²) in [6.07, 6.45) is 6.61. The zero-order valence-corrected chi connectivity index (χ0v) is 34.5. The molecule has 0 bridgehead atoms. The van der Waals surface area contributed by atoms with E-state index < -0.39 is 24.0 Å². The highest BCUT2D eigenvalue weighted by Gasteiger charge is 2.44. The fourth-order valence-corrected chi connectivity index (χ4v) is 9.66. The van der Waals surface area contributed by atoms with Crippen LogP contribution in [0.1, 0.15) is 43.2 Å². The number of piperidine rings is 2. The van der Waals surface area contributed by atoms with Crippen molar-refractivity contribution in [3.63, 3.8) is 0 Å². The maximum Gasteiger partial charge on any atom is 0.327 e. The number of likely N-dealkylation sites (tertiary alicyclic amines) is 1. The lowest BCUT2D eigenvalue weighted by Crippen LogP contribution is -2.63. The van der Waals surface area contributed by atoms with Gasteiger partial charge < -0.3 is 41.1 Å². The molecule has 0 aliphatic carbocycles. The lowest BCUT2D eigenvalue weighted by atomic mass is 9.89. The van der Waals surface area contributed by atoms with Gasteiger partial charge in [-0.3, -0.25) is 19.5 Å². The van der Waals surface area contributed by atoms with E-state index in [1.54, 1.807) is 34.3 Å². The number of carbonyl (C=O) groups is 4. The van der Waals surface area contributed by atoms with E-state index in [2.05, 4.69) is 52.4 Å². The van der Waals surface area contributed by atoms with Crippen LogP contribution in [0.2, 0.25) is 0 Å². The molecule has 0 unspecified atom stereocenters. The molecule has 3 fully saturated rings. The number of imide groups is 1. The topological polar surface area (TPSA) is 168 Å². The van der Waals surface area contributed by atoms with Crippen LogP contribution in [0.3, 0.4) is 0 Å². The molecule has 5 heterocycles. The van der Waals surface area contributed by atoms with Crippen LogP contribution in [-0.4, -0.2) is 124 Å². The number of amides is 6. The number of nitrogens with zero attached hydrogens (tertiary/aromatic N) is 6. The van der Waals surface area contributed by atoms with E-state index in [9.17, 15) is 24.3 Å². The SMILES string of the molecule is N[C@@H](Cc1cc(Br)c(O)c(Br)c1)C(=O)N(C(=O)N1CCC(N2Cc3ccccc3NC2=O)CC1)[C@H](CC1CCNCC1)C(=O)N1CCN(c2ccncc2)CC1. The standard InChI is InChI=1S/C40H49Br2N9O5/c41-31-21-27(22-32(42)36(31)52)23-33(43)37(53)51(40(56)49-15-9-30(10-16-49)50-25-28-3-1-2-4-34(28)46-39(50)55)35(24-26-5-11-44-12-6-26)38(54)48-19-17-47(18-20-48)29-7-13-45-14-8-29/h1-4,7-8,13-14,21-22,26,30,33,35,44,52H,5-6,9-12,15-20,23-25,43H2,(H,46,55)/t33-,35+/m0/s1. The molecule has 2 atom stereocenters. The minimum atomic E-state index is -1.15. The van der Waals surface area contributed by atoms with Crippen molar-refractivity contribution in [3.8, 4) is 5.75 Å². The van der Waals surface area contributed by atoms with Crippen molar-refractivity contribution in [2.45, 2.75) is 63.2 Å². The molecule has 3 aromatic rings. The van der Waals surface area contributed by atoms with Gasteiger partial charge in [-0.25, -0.2) is 9.59 Å². The molecule has 16 heteroatoms. The summed E-state index contributed by atoms with van der Waals surface area (Å²) in [6, 6.07) is 12.0. The normalized spacial score (nSPS) is 19.2. The summed E-state index contributed by atoms with van der Waals surface area (Å²) in [5.74, 6) is -0.720. The first-order valence-corrected chi connectivity index (χ1v) is 21.0. The number of benzene rings is 2. The number of aromatic nitrogens is 1. The number of phenolic OH excluding ortho intramolecular Hbond substituents is 1. The molecule has 298 valence electrons. The van der Waals surface area contributed by atoms with Crippen molar-refractivity contribution < 1.29 is 24.3 Å². The first kappa shape index (κ1) is 40.0. The number of nitrogens with two attached hydrogens (primary N) is 1. The Morgan fingerprint density at radius 1 is 0.911 bits per heavy atom. The van der Waals surface area contributed by atoms with Crippen molar-refractivity contribution in [3.05, 3.63) is 81.0 Å². The van der Waals surface area contributed by atoms with E-state index >= 15 is 0 Å². The van der Waals surface area contributed by atoms with Crippen LogP contribution < -0.4 is 21.3 Å². The number of carbonyl (C=O) groups excluding carboxylic acids is 4. The molecule has 0 radical (unpaired) electrons. The van der Waals surface area contributed by atoms with Gasteiger partial charge in [-0.05, 0) is 131 Å². The van der Waals surface area contributed by atoms with Crippen molar-refractivity contribution in [2.24, 2.45) is 11.7 Å². The number of para-hydroxylation sites is 1. The van der Waals surface area contributed by atoms with Gasteiger partial charge in [0.05, 0.1) is 15.0 Å². The lowest BCUT2D eigenvalue weighted by molar-refractivity contribution is -0.145. The molecule has 6 amide bonds. The summed E-state index contributed by atoms with van der Waals surface area (Å²) in [5.41, 5.74) is 10.2. The monoisotopic (exact) mass is 893 g/mol. The maximum absolute atomic E-state index is 14.9. The van der Waals surface area contributed by atoms with Gasteiger partial charge in [0, 0.05) is 75.6 Å². The molecule has 0 saturated carbocycles. The molecule has 1 aromatic heterocycles. The van der Waals surface area contributed by atoms with E-state index in [4.69, 9.17) is 5.73 Å². The van der Waals surface area contributed by atoms with Crippen LogP contribution in [0.4, 0.5) is 21.0 Å². The number of halogens is 2. The molecule has 4 aliphatic rings. The highest BCUT2D eigenvalue weighted by atomic mass is 79.9. The number of piperazine rings is 1. The van der Waals surface area contributed by atoms with Crippen LogP contribution >= 0.6 is 31.9 Å². The molecule has 14 nitrogen and oxygen atoms in total. The van der Waals surface area contributed by atoms with Gasteiger partial charge in [0.1, 0.15) is 11.8 Å².